The zero-order chi connectivity index (χ0) is 50.9. The number of furan rings is 1. The maximum atomic E-state index is 6.94. The van der Waals surface area contributed by atoms with Gasteiger partial charge < -0.3 is 4.42 Å². The van der Waals surface area contributed by atoms with Crippen molar-refractivity contribution in [3.05, 3.63) is 36.7 Å². The van der Waals surface area contributed by atoms with Gasteiger partial charge in [-0.05, 0) is 72.6 Å². The van der Waals surface area contributed by atoms with E-state index in [1.807, 2.05) is 22.7 Å². The van der Waals surface area contributed by atoms with Crippen LogP contribution in [-0.4, -0.2) is 167 Å². The van der Waals surface area contributed by atoms with Gasteiger partial charge in [-0.15, -0.1) is 55.5 Å². The average Bonchev–Trinajstić information content (AvgIpc) is 4.05. The molecule has 0 N–H and O–H groups in total. The average molecular weight is 923 g/mol. The molecule has 3 nitrogen and oxygen atoms in total. The van der Waals surface area contributed by atoms with Crippen molar-refractivity contribution in [2.45, 2.75) is 0 Å². The molecular weight excluding hydrogens is 877 g/mol. The highest BCUT2D eigenvalue weighted by Gasteiger charge is 2.28. The molecule has 0 aliphatic rings. The van der Waals surface area contributed by atoms with Gasteiger partial charge in [0.25, 0.3) is 0 Å². The highest BCUT2D eigenvalue weighted by molar-refractivity contribution is 7.29. The first-order valence-electron chi connectivity index (χ1n) is 25.3. The maximum Gasteiger partial charge on any atom is 0.180 e. The lowest BCUT2D eigenvalue weighted by atomic mass is 9.62. The zero-order valence-corrected chi connectivity index (χ0v) is 47.2. The molecule has 0 bridgehead atoms. The van der Waals surface area contributed by atoms with Gasteiger partial charge in [0.15, 0.2) is 5.58 Å². The molecule has 0 spiro atoms. The summed E-state index contributed by atoms with van der Waals surface area (Å²) in [5.74, 6) is 0. The topological polar surface area (TPSA) is 38.9 Å². The summed E-state index contributed by atoms with van der Waals surface area (Å²) in [4.78, 5) is 10.1. The largest absolute Gasteiger partial charge is 0.452 e. The number of aromatic nitrogens is 2. The monoisotopic (exact) mass is 926 g/mol. The maximum absolute atomic E-state index is 6.94. The molecule has 71 heavy (non-hydrogen) atoms. The van der Waals surface area contributed by atoms with Crippen LogP contribution in [0.25, 0.3) is 107 Å². The molecule has 0 unspecified atom stereocenters. The molecule has 0 atom stereocenters. The van der Waals surface area contributed by atoms with Crippen molar-refractivity contribution in [1.82, 2.24) is 9.97 Å². The van der Waals surface area contributed by atoms with Crippen molar-refractivity contribution < 1.29 is 4.42 Å². The zero-order valence-electron chi connectivity index (χ0n) is 45.6. The second-order valence-electron chi connectivity index (χ2n) is 21.5. The van der Waals surface area contributed by atoms with Gasteiger partial charge in [-0.25, -0.2) is 9.97 Å². The van der Waals surface area contributed by atoms with Crippen LogP contribution in [0.2, 0.25) is 0 Å². The summed E-state index contributed by atoms with van der Waals surface area (Å²) in [5, 5.41) is 6.69. The van der Waals surface area contributed by atoms with Crippen molar-refractivity contribution in [2.24, 2.45) is 0 Å². The number of benzene rings is 7. The Kier molecular flexibility index (Phi) is 11.5. The van der Waals surface area contributed by atoms with Gasteiger partial charge in [0, 0.05) is 24.2 Å². The number of hydrogen-bond donors (Lipinski definition) is 0. The Hall–Kier alpha value is -4.84. The first-order chi connectivity index (χ1) is 33.6. The Morgan fingerprint density at radius 3 is 1.21 bits per heavy atom. The van der Waals surface area contributed by atoms with E-state index in [1.165, 1.54) is 183 Å². The molecule has 0 amide bonds. The second kappa shape index (κ2) is 16.9. The van der Waals surface area contributed by atoms with Crippen LogP contribution < -0.4 is 109 Å². The smallest absolute Gasteiger partial charge is 0.180 e. The normalized spacial score (nSPS) is 11.9. The Balaban J connectivity index is 1.11. The van der Waals surface area contributed by atoms with Crippen LogP contribution >= 0.6 is 22.7 Å². The molecule has 7 aromatic carbocycles. The van der Waals surface area contributed by atoms with E-state index < -0.39 is 0 Å². The Labute approximate surface area is 443 Å². The molecule has 11 rings (SSSR count). The van der Waals surface area contributed by atoms with E-state index in [9.17, 15) is 0 Å². The van der Waals surface area contributed by atoms with Crippen molar-refractivity contribution >= 4 is 351 Å². The summed E-state index contributed by atoms with van der Waals surface area (Å²) in [6.45, 7) is 0. The summed E-state index contributed by atoms with van der Waals surface area (Å²) in [6.07, 6.45) is 1.74. The highest BCUT2D eigenvalue weighted by Crippen LogP contribution is 2.39. The summed E-state index contributed by atoms with van der Waals surface area (Å²) < 4.78 is 12.6. The minimum Gasteiger partial charge on any atom is -0.452 e. The van der Waals surface area contributed by atoms with Crippen molar-refractivity contribution in [3.63, 3.8) is 0 Å². The second-order valence-corrected chi connectivity index (χ2v) is 23.5. The molecule has 0 fully saturated rings. The third-order valence-corrected chi connectivity index (χ3v) is 20.7. The molecule has 4 heterocycles. The SMILES string of the molecule is Bc1cc(B)c(-c2c(B)c(B)c(B)c3c2sc2c(B)c(B)c(B)c(B)c23)c(B)c1-c1ccc2oc3c(-c4c(B)cc(B)c(-c5c(B)c(B)c(B)c6c5sc5c(B)c(B)c(B)c(B)c56)c4B)ncnc3c2c1. The Bertz CT molecular complexity index is 4320. The molecular formula is C46H46B20N2OS2. The van der Waals surface area contributed by atoms with Crippen LogP contribution in [0.1, 0.15) is 0 Å². The van der Waals surface area contributed by atoms with Gasteiger partial charge in [-0.3, -0.25) is 0 Å². The van der Waals surface area contributed by atoms with Crippen LogP contribution in [0, 0.1) is 0 Å². The first kappa shape index (κ1) is 48.4. The van der Waals surface area contributed by atoms with Crippen LogP contribution in [0.3, 0.4) is 0 Å². The quantitative estimate of drug-likeness (QED) is 0.165. The predicted molar refractivity (Wildman–Crippen MR) is 380 cm³/mol. The number of rotatable bonds is 4. The van der Waals surface area contributed by atoms with Gasteiger partial charge in [-0.2, -0.15) is 0 Å². The molecule has 11 aromatic rings. The minimum atomic E-state index is 0.730. The fourth-order valence-electron chi connectivity index (χ4n) is 13.1. The van der Waals surface area contributed by atoms with Gasteiger partial charge in [0.1, 0.15) is 180 Å². The van der Waals surface area contributed by atoms with E-state index >= 15 is 0 Å². The van der Waals surface area contributed by atoms with E-state index in [1.54, 1.807) is 6.33 Å². The highest BCUT2D eigenvalue weighted by atomic mass is 32.1. The lowest BCUT2D eigenvalue weighted by Crippen LogP contribution is -2.47. The molecule has 0 saturated carbocycles. The molecule has 25 heteroatoms. The third kappa shape index (κ3) is 6.62. The number of hydrogen-bond acceptors (Lipinski definition) is 5. The number of nitrogens with zero attached hydrogens (tertiary/aromatic N) is 2. The summed E-state index contributed by atoms with van der Waals surface area (Å²) in [6, 6.07) is 11.5. The van der Waals surface area contributed by atoms with Gasteiger partial charge in [0.2, 0.25) is 0 Å². The number of thiophene rings is 2. The standard InChI is InChI=1S/C46H46B20N2OS2/c47-9-4-10(48)15(18-26(53)32(59)28(55)20-22-30(57)34(61)36(63)38(65)45(22)70-43(18)20)24(51)14(9)7-1-2-13-8(3-7)40-42(69-13)41(68-6-67-40)17-12(50)5-11(49)16(25(17)52)19-27(54)33(60)29(56)21-23-31(58)35(62)37(64)39(66)46(23)71-44(19)21/h1-6H,47-66H2. The lowest BCUT2D eigenvalue weighted by Gasteiger charge is -2.23. The van der Waals surface area contributed by atoms with Crippen molar-refractivity contribution in [2.75, 3.05) is 0 Å². The van der Waals surface area contributed by atoms with Crippen LogP contribution in [-0.2, 0) is 0 Å². The van der Waals surface area contributed by atoms with Crippen LogP contribution in [0.15, 0.2) is 41.1 Å². The van der Waals surface area contributed by atoms with Gasteiger partial charge in [-0.1, -0.05) is 94.7 Å². The minimum absolute atomic E-state index is 0.730. The van der Waals surface area contributed by atoms with Crippen molar-refractivity contribution in [1.29, 1.82) is 0 Å². The molecule has 4 aromatic heterocycles. The fraction of sp³-hybridized carbons (Fsp3) is 0. The Morgan fingerprint density at radius 1 is 0.338 bits per heavy atom. The summed E-state index contributed by atoms with van der Waals surface area (Å²) in [7, 11) is 46.1. The Morgan fingerprint density at radius 2 is 0.732 bits per heavy atom. The molecule has 0 aliphatic heterocycles. The van der Waals surface area contributed by atoms with Crippen molar-refractivity contribution in [3.8, 4) is 44.6 Å². The summed E-state index contributed by atoms with van der Waals surface area (Å²) in [5.41, 5.74) is 39.2. The van der Waals surface area contributed by atoms with E-state index in [0.29, 0.717) is 0 Å². The third-order valence-electron chi connectivity index (χ3n) is 18.0. The van der Waals surface area contributed by atoms with E-state index in [0.717, 1.165) is 33.3 Å². The van der Waals surface area contributed by atoms with Crippen LogP contribution in [0.4, 0.5) is 0 Å². The lowest BCUT2D eigenvalue weighted by molar-refractivity contribution is 0.667. The predicted octanol–water partition coefficient (Wildman–Crippen LogP) is -21.1. The van der Waals surface area contributed by atoms with E-state index in [-0.39, 0.29) is 0 Å². The van der Waals surface area contributed by atoms with Gasteiger partial charge in [0.05, 0.1) is 0 Å². The fourth-order valence-corrected chi connectivity index (χ4v) is 16.3. The summed E-state index contributed by atoms with van der Waals surface area (Å²) >= 11 is 3.97. The first-order valence-corrected chi connectivity index (χ1v) is 27.0. The van der Waals surface area contributed by atoms with Crippen LogP contribution in [0.5, 0.6) is 0 Å². The van der Waals surface area contributed by atoms with E-state index in [2.05, 4.69) is 187 Å². The molecule has 0 radical (unpaired) electrons. The molecule has 0 saturated heterocycles. The number of fused-ring (bicyclic) bond motifs is 9. The molecule has 0 aliphatic carbocycles. The van der Waals surface area contributed by atoms with E-state index in [4.69, 9.17) is 14.4 Å². The van der Waals surface area contributed by atoms with Gasteiger partial charge >= 0.3 is 0 Å². The molecule has 318 valence electrons.